The van der Waals surface area contributed by atoms with Crippen LogP contribution >= 0.6 is 0 Å². The van der Waals surface area contributed by atoms with Crippen LogP contribution in [0.15, 0.2) is 29.2 Å². The van der Waals surface area contributed by atoms with Crippen molar-refractivity contribution < 1.29 is 17.9 Å². The lowest BCUT2D eigenvalue weighted by Crippen LogP contribution is -2.40. The van der Waals surface area contributed by atoms with Crippen LogP contribution in [0.3, 0.4) is 0 Å². The normalized spacial score (nSPS) is 16.3. The smallest absolute Gasteiger partial charge is 0.253 e. The lowest BCUT2D eigenvalue weighted by atomic mass is 10.2. The number of nitrogens with one attached hydrogen (secondary N) is 1. The molecule has 7 nitrogen and oxygen atoms in total. The van der Waals surface area contributed by atoms with E-state index in [0.717, 1.165) is 0 Å². The van der Waals surface area contributed by atoms with Crippen molar-refractivity contribution in [3.05, 3.63) is 29.8 Å². The molecule has 0 spiro atoms. The second-order valence-electron chi connectivity index (χ2n) is 5.37. The second kappa shape index (κ2) is 7.87. The Labute approximate surface area is 137 Å². The molecule has 0 atom stereocenters. The van der Waals surface area contributed by atoms with Crippen molar-refractivity contribution in [3.63, 3.8) is 0 Å². The van der Waals surface area contributed by atoms with Crippen LogP contribution in [0.2, 0.25) is 0 Å². The number of amides is 1. The van der Waals surface area contributed by atoms with Gasteiger partial charge in [-0.15, -0.1) is 0 Å². The number of nitrogens with zero attached hydrogens (tertiary/aromatic N) is 2. The van der Waals surface area contributed by atoms with Gasteiger partial charge in [-0.3, -0.25) is 4.79 Å². The molecule has 23 heavy (non-hydrogen) atoms. The fourth-order valence-corrected chi connectivity index (χ4v) is 3.71. The molecule has 1 aliphatic heterocycles. The van der Waals surface area contributed by atoms with Gasteiger partial charge in [0.2, 0.25) is 10.0 Å². The molecule has 0 bridgehead atoms. The number of sulfonamides is 1. The molecule has 0 radical (unpaired) electrons. The molecule has 1 aromatic rings. The molecule has 1 N–H and O–H groups in total. The van der Waals surface area contributed by atoms with E-state index >= 15 is 0 Å². The van der Waals surface area contributed by atoms with Crippen LogP contribution in [-0.2, 0) is 14.8 Å². The quantitative estimate of drug-likeness (QED) is 0.788. The zero-order valence-corrected chi connectivity index (χ0v) is 14.3. The number of hydrogen-bond acceptors (Lipinski definition) is 5. The fraction of sp³-hybridized carbons (Fsp3) is 0.533. The number of ether oxygens (including phenoxy) is 1. The maximum Gasteiger partial charge on any atom is 0.253 e. The van der Waals surface area contributed by atoms with E-state index in [0.29, 0.717) is 45.0 Å². The first-order valence-electron chi connectivity index (χ1n) is 7.55. The maximum absolute atomic E-state index is 12.5. The molecule has 1 heterocycles. The predicted molar refractivity (Wildman–Crippen MR) is 86.9 cm³/mol. The van der Waals surface area contributed by atoms with Crippen molar-refractivity contribution in [3.8, 4) is 0 Å². The van der Waals surface area contributed by atoms with E-state index in [1.165, 1.54) is 16.4 Å². The van der Waals surface area contributed by atoms with E-state index in [-0.39, 0.29) is 10.8 Å². The molecule has 1 aromatic carbocycles. The van der Waals surface area contributed by atoms with E-state index in [4.69, 9.17) is 4.74 Å². The zero-order chi connectivity index (χ0) is 16.9. The van der Waals surface area contributed by atoms with Crippen molar-refractivity contribution in [2.75, 3.05) is 53.5 Å². The van der Waals surface area contributed by atoms with Gasteiger partial charge in [0.1, 0.15) is 0 Å². The first kappa shape index (κ1) is 17.9. The van der Waals surface area contributed by atoms with Gasteiger partial charge in [0, 0.05) is 38.8 Å². The van der Waals surface area contributed by atoms with Crippen LogP contribution in [0, 0.1) is 0 Å². The highest BCUT2D eigenvalue weighted by Crippen LogP contribution is 2.18. The SMILES string of the molecule is CNCCN(C)C(=O)c1ccc(S(=O)(=O)N2CCOCC2)cc1. The molecule has 1 amide bonds. The lowest BCUT2D eigenvalue weighted by molar-refractivity contribution is 0.0730. The van der Waals surface area contributed by atoms with Crippen LogP contribution in [0.25, 0.3) is 0 Å². The van der Waals surface area contributed by atoms with Crippen molar-refractivity contribution in [1.82, 2.24) is 14.5 Å². The van der Waals surface area contributed by atoms with Gasteiger partial charge >= 0.3 is 0 Å². The summed E-state index contributed by atoms with van der Waals surface area (Å²) in [6.07, 6.45) is 0. The molecular formula is C15H23N3O4S. The van der Waals surface area contributed by atoms with E-state index in [1.54, 1.807) is 24.1 Å². The van der Waals surface area contributed by atoms with Gasteiger partial charge in [0.05, 0.1) is 18.1 Å². The Balaban J connectivity index is 2.11. The summed E-state index contributed by atoms with van der Waals surface area (Å²) in [6.45, 7) is 2.82. The molecule has 0 aliphatic carbocycles. The number of carbonyl (C=O) groups excluding carboxylic acids is 1. The molecule has 0 aromatic heterocycles. The third kappa shape index (κ3) is 4.29. The molecule has 1 aliphatic rings. The minimum atomic E-state index is -3.52. The second-order valence-corrected chi connectivity index (χ2v) is 7.31. The molecule has 2 rings (SSSR count). The number of rotatable bonds is 6. The molecule has 8 heteroatoms. The highest BCUT2D eigenvalue weighted by molar-refractivity contribution is 7.89. The summed E-state index contributed by atoms with van der Waals surface area (Å²) in [5, 5.41) is 2.98. The average molecular weight is 341 g/mol. The standard InChI is InChI=1S/C15H23N3O4S/c1-16-7-8-17(2)15(19)13-3-5-14(6-4-13)23(20,21)18-9-11-22-12-10-18/h3-6,16H,7-12H2,1-2H3. The highest BCUT2D eigenvalue weighted by atomic mass is 32.2. The first-order chi connectivity index (χ1) is 11.0. The molecule has 0 unspecified atom stereocenters. The maximum atomic E-state index is 12.5. The van der Waals surface area contributed by atoms with Crippen molar-refractivity contribution in [2.24, 2.45) is 0 Å². The van der Waals surface area contributed by atoms with Crippen molar-refractivity contribution >= 4 is 15.9 Å². The third-order valence-corrected chi connectivity index (χ3v) is 5.67. The Morgan fingerprint density at radius 3 is 2.43 bits per heavy atom. The van der Waals surface area contributed by atoms with E-state index in [1.807, 2.05) is 7.05 Å². The number of likely N-dealkylation sites (N-methyl/N-ethyl adjacent to an activating group) is 2. The van der Waals surface area contributed by atoms with Gasteiger partial charge in [-0.2, -0.15) is 4.31 Å². The van der Waals surface area contributed by atoms with E-state index < -0.39 is 10.0 Å². The Bertz CT molecular complexity index is 625. The summed E-state index contributed by atoms with van der Waals surface area (Å²) in [5.74, 6) is -0.129. The largest absolute Gasteiger partial charge is 0.379 e. The summed E-state index contributed by atoms with van der Waals surface area (Å²) in [6, 6.07) is 6.10. The fourth-order valence-electron chi connectivity index (χ4n) is 2.31. The average Bonchev–Trinajstić information content (AvgIpc) is 2.59. The van der Waals surface area contributed by atoms with Crippen LogP contribution in [0.4, 0.5) is 0 Å². The van der Waals surface area contributed by atoms with Crippen LogP contribution in [-0.4, -0.2) is 77.0 Å². The number of benzene rings is 1. The van der Waals surface area contributed by atoms with E-state index in [9.17, 15) is 13.2 Å². The number of morpholine rings is 1. The Morgan fingerprint density at radius 2 is 1.87 bits per heavy atom. The zero-order valence-electron chi connectivity index (χ0n) is 13.5. The van der Waals surface area contributed by atoms with Gasteiger partial charge < -0.3 is 15.0 Å². The topological polar surface area (TPSA) is 79.0 Å². The molecule has 1 saturated heterocycles. The Kier molecular flexibility index (Phi) is 6.11. The minimum absolute atomic E-state index is 0.129. The predicted octanol–water partition coefficient (Wildman–Crippen LogP) is -0.00110. The third-order valence-electron chi connectivity index (χ3n) is 3.75. The summed E-state index contributed by atoms with van der Waals surface area (Å²) < 4.78 is 31.6. The Hall–Kier alpha value is -1.48. The molecule has 1 fully saturated rings. The summed E-state index contributed by atoms with van der Waals surface area (Å²) >= 11 is 0. The van der Waals surface area contributed by atoms with Crippen LogP contribution < -0.4 is 5.32 Å². The van der Waals surface area contributed by atoms with Gasteiger partial charge in [-0.1, -0.05) is 0 Å². The summed E-state index contributed by atoms with van der Waals surface area (Å²) in [7, 11) is 0.0228. The van der Waals surface area contributed by atoms with Gasteiger partial charge in [-0.05, 0) is 31.3 Å². The highest BCUT2D eigenvalue weighted by Gasteiger charge is 2.26. The number of carbonyl (C=O) groups is 1. The molecule has 128 valence electrons. The summed E-state index contributed by atoms with van der Waals surface area (Å²) in [5.41, 5.74) is 0.476. The van der Waals surface area contributed by atoms with Gasteiger partial charge in [-0.25, -0.2) is 8.42 Å². The van der Waals surface area contributed by atoms with Gasteiger partial charge in [0.25, 0.3) is 5.91 Å². The van der Waals surface area contributed by atoms with E-state index in [2.05, 4.69) is 5.32 Å². The van der Waals surface area contributed by atoms with Crippen LogP contribution in [0.5, 0.6) is 0 Å². The monoisotopic (exact) mass is 341 g/mol. The molecular weight excluding hydrogens is 318 g/mol. The Morgan fingerprint density at radius 1 is 1.26 bits per heavy atom. The van der Waals surface area contributed by atoms with Crippen molar-refractivity contribution in [1.29, 1.82) is 0 Å². The summed E-state index contributed by atoms with van der Waals surface area (Å²) in [4.78, 5) is 14.0. The van der Waals surface area contributed by atoms with Crippen molar-refractivity contribution in [2.45, 2.75) is 4.90 Å². The van der Waals surface area contributed by atoms with Gasteiger partial charge in [0.15, 0.2) is 0 Å². The lowest BCUT2D eigenvalue weighted by Gasteiger charge is -2.26. The van der Waals surface area contributed by atoms with Crippen LogP contribution in [0.1, 0.15) is 10.4 Å². The number of hydrogen-bond donors (Lipinski definition) is 1. The minimum Gasteiger partial charge on any atom is -0.379 e. The first-order valence-corrected chi connectivity index (χ1v) is 8.99. The molecule has 0 saturated carbocycles.